The molecule has 0 aliphatic heterocycles. The summed E-state index contributed by atoms with van der Waals surface area (Å²) in [5, 5.41) is 3.25. The van der Waals surface area contributed by atoms with Gasteiger partial charge in [-0.05, 0) is 0 Å². The van der Waals surface area contributed by atoms with Gasteiger partial charge in [-0.15, -0.1) is 0 Å². The van der Waals surface area contributed by atoms with Gasteiger partial charge < -0.3 is 0 Å². The van der Waals surface area contributed by atoms with Gasteiger partial charge in [-0.1, -0.05) is 101 Å². The highest BCUT2D eigenvalue weighted by atomic mass is 27.1. The van der Waals surface area contributed by atoms with Gasteiger partial charge in [-0.3, -0.25) is 0 Å². The second-order valence-electron chi connectivity index (χ2n) is 5.76. The van der Waals surface area contributed by atoms with Crippen LogP contribution >= 0.6 is 0 Å². The van der Waals surface area contributed by atoms with Gasteiger partial charge in [0, 0.05) is 0 Å². The average Bonchev–Trinajstić information content (AvgIpc) is 2.37. The normalized spacial score (nSPS) is 14.6. The Bertz CT molecular complexity index is 128. The van der Waals surface area contributed by atoms with Crippen LogP contribution in [0.25, 0.3) is 0 Å². The van der Waals surface area contributed by atoms with Gasteiger partial charge in [0.2, 0.25) is 15.2 Å². The standard InChI is InChI=1S/2C8H17.Al.H/c2*1-4-6-7-8(3)5-2;;/h2*8H,3-7H2,1-2H3;;. The van der Waals surface area contributed by atoms with Gasteiger partial charge in [0.25, 0.3) is 0 Å². The van der Waals surface area contributed by atoms with Crippen LogP contribution < -0.4 is 0 Å². The van der Waals surface area contributed by atoms with Crippen molar-refractivity contribution in [2.24, 2.45) is 11.8 Å². The van der Waals surface area contributed by atoms with Crippen LogP contribution in [0.4, 0.5) is 0 Å². The van der Waals surface area contributed by atoms with E-state index in [4.69, 9.17) is 0 Å². The molecule has 0 saturated carbocycles. The van der Waals surface area contributed by atoms with Crippen LogP contribution in [0, 0.1) is 11.8 Å². The Hall–Kier alpha value is 0.532. The lowest BCUT2D eigenvalue weighted by atomic mass is 10.0. The molecule has 2 atom stereocenters. The highest BCUT2D eigenvalue weighted by Crippen LogP contribution is 2.21. The summed E-state index contributed by atoms with van der Waals surface area (Å²) >= 11 is 0.239. The molecule has 17 heavy (non-hydrogen) atoms. The highest BCUT2D eigenvalue weighted by molar-refractivity contribution is 6.35. The van der Waals surface area contributed by atoms with Gasteiger partial charge in [0.05, 0.1) is 0 Å². The number of rotatable bonds is 12. The minimum Gasteiger partial charge on any atom is -0.0945 e. The average molecular weight is 254 g/mol. The fourth-order valence-electron chi connectivity index (χ4n) is 2.79. The predicted molar refractivity (Wildman–Crippen MR) is 83.4 cm³/mol. The minimum atomic E-state index is 0.239. The Kier molecular flexibility index (Phi) is 13.4. The molecule has 0 aromatic rings. The van der Waals surface area contributed by atoms with Gasteiger partial charge >= 0.3 is 0 Å². The summed E-state index contributed by atoms with van der Waals surface area (Å²) in [5.74, 6) is 2.15. The Labute approximate surface area is 117 Å². The fraction of sp³-hybridized carbons (Fsp3) is 1.00. The molecule has 102 valence electrons. The Morgan fingerprint density at radius 3 is 1.41 bits per heavy atom. The molecule has 0 aromatic heterocycles. The van der Waals surface area contributed by atoms with Gasteiger partial charge in [-0.25, -0.2) is 0 Å². The van der Waals surface area contributed by atoms with Crippen molar-refractivity contribution >= 4 is 15.2 Å². The summed E-state index contributed by atoms with van der Waals surface area (Å²) in [6, 6.07) is 0. The molecule has 0 nitrogen and oxygen atoms in total. The Morgan fingerprint density at radius 2 is 1.12 bits per heavy atom. The Morgan fingerprint density at radius 1 is 0.706 bits per heavy atom. The topological polar surface area (TPSA) is 0 Å². The van der Waals surface area contributed by atoms with E-state index in [1.165, 1.54) is 51.4 Å². The van der Waals surface area contributed by atoms with E-state index < -0.39 is 0 Å². The SMILES string of the molecule is CCCCC(CC)[CH2][AlH][CH2]C(CC)CCCC. The second kappa shape index (κ2) is 13.0. The molecule has 0 fully saturated rings. The van der Waals surface area contributed by atoms with Crippen LogP contribution in [-0.2, 0) is 0 Å². The molecule has 0 aromatic carbocycles. The summed E-state index contributed by atoms with van der Waals surface area (Å²) < 4.78 is 0. The van der Waals surface area contributed by atoms with Crippen molar-refractivity contribution in [3.05, 3.63) is 0 Å². The van der Waals surface area contributed by atoms with Crippen molar-refractivity contribution in [2.75, 3.05) is 0 Å². The second-order valence-corrected chi connectivity index (χ2v) is 7.63. The van der Waals surface area contributed by atoms with E-state index in [-0.39, 0.29) is 15.2 Å². The first-order chi connectivity index (χ1) is 8.28. The Balaban J connectivity index is 3.61. The molecule has 0 aliphatic rings. The minimum absolute atomic E-state index is 0.239. The van der Waals surface area contributed by atoms with Crippen LogP contribution in [0.3, 0.4) is 0 Å². The van der Waals surface area contributed by atoms with Crippen molar-refractivity contribution in [3.63, 3.8) is 0 Å². The predicted octanol–water partition coefficient (Wildman–Crippen LogP) is 5.69. The number of hydrogen-bond acceptors (Lipinski definition) is 0. The lowest BCUT2D eigenvalue weighted by Crippen LogP contribution is -2.08. The van der Waals surface area contributed by atoms with E-state index >= 15 is 0 Å². The first kappa shape index (κ1) is 17.5. The lowest BCUT2D eigenvalue weighted by Gasteiger charge is -2.16. The first-order valence-electron chi connectivity index (χ1n) is 8.28. The van der Waals surface area contributed by atoms with Crippen molar-refractivity contribution in [1.82, 2.24) is 0 Å². The lowest BCUT2D eigenvalue weighted by molar-refractivity contribution is 0.474. The maximum absolute atomic E-state index is 2.39. The van der Waals surface area contributed by atoms with E-state index in [0.717, 1.165) is 11.8 Å². The zero-order valence-corrected chi connectivity index (χ0v) is 14.3. The molecule has 1 heteroatoms. The maximum atomic E-state index is 2.39. The summed E-state index contributed by atoms with van der Waals surface area (Å²) in [4.78, 5) is 0. The molecule has 0 N–H and O–H groups in total. The molecule has 0 saturated heterocycles. The van der Waals surface area contributed by atoms with Crippen LogP contribution in [0.1, 0.15) is 79.1 Å². The van der Waals surface area contributed by atoms with Crippen LogP contribution in [0.15, 0.2) is 0 Å². The zero-order valence-electron chi connectivity index (χ0n) is 12.9. The molecule has 0 radical (unpaired) electrons. The summed E-state index contributed by atoms with van der Waals surface area (Å²) in [5.41, 5.74) is 0. The number of unbranched alkanes of at least 4 members (excludes halogenated alkanes) is 2. The van der Waals surface area contributed by atoms with Crippen molar-refractivity contribution in [2.45, 2.75) is 89.6 Å². The smallest absolute Gasteiger partial charge is 0.0945 e. The number of hydrogen-bond donors (Lipinski definition) is 0. The van der Waals surface area contributed by atoms with E-state index in [1.807, 2.05) is 0 Å². The quantitative estimate of drug-likeness (QED) is 0.392. The summed E-state index contributed by atoms with van der Waals surface area (Å²) in [6.07, 6.45) is 11.5. The third kappa shape index (κ3) is 10.2. The van der Waals surface area contributed by atoms with E-state index in [1.54, 1.807) is 10.6 Å². The molecule has 0 heterocycles. The van der Waals surface area contributed by atoms with Crippen LogP contribution in [-0.4, -0.2) is 15.2 Å². The maximum Gasteiger partial charge on any atom is 0.237 e. The molecule has 0 rings (SSSR count). The zero-order chi connectivity index (χ0) is 12.9. The van der Waals surface area contributed by atoms with Crippen LogP contribution in [0.2, 0.25) is 10.6 Å². The third-order valence-electron chi connectivity index (χ3n) is 4.31. The van der Waals surface area contributed by atoms with Crippen molar-refractivity contribution < 1.29 is 0 Å². The van der Waals surface area contributed by atoms with E-state index in [9.17, 15) is 0 Å². The first-order valence-corrected chi connectivity index (χ1v) is 10.3. The molecule has 0 aliphatic carbocycles. The molecular formula is C16H35Al. The summed E-state index contributed by atoms with van der Waals surface area (Å²) in [6.45, 7) is 9.43. The largest absolute Gasteiger partial charge is 0.237 e. The molecule has 0 spiro atoms. The van der Waals surface area contributed by atoms with Crippen molar-refractivity contribution in [1.29, 1.82) is 0 Å². The summed E-state index contributed by atoms with van der Waals surface area (Å²) in [7, 11) is 0. The van der Waals surface area contributed by atoms with Crippen LogP contribution in [0.5, 0.6) is 0 Å². The highest BCUT2D eigenvalue weighted by Gasteiger charge is 2.11. The molecule has 2 unspecified atom stereocenters. The fourth-order valence-corrected chi connectivity index (χ4v) is 5.57. The monoisotopic (exact) mass is 254 g/mol. The van der Waals surface area contributed by atoms with Gasteiger partial charge in [-0.2, -0.15) is 0 Å². The van der Waals surface area contributed by atoms with E-state index in [0.29, 0.717) is 0 Å². The molecule has 0 amide bonds. The molecule has 0 bridgehead atoms. The third-order valence-corrected chi connectivity index (χ3v) is 6.76. The van der Waals surface area contributed by atoms with E-state index in [2.05, 4.69) is 27.7 Å². The van der Waals surface area contributed by atoms with Crippen molar-refractivity contribution in [3.8, 4) is 0 Å². The van der Waals surface area contributed by atoms with Gasteiger partial charge in [0.15, 0.2) is 0 Å². The molecular weight excluding hydrogens is 219 g/mol. The van der Waals surface area contributed by atoms with Gasteiger partial charge in [0.1, 0.15) is 0 Å².